The Labute approximate surface area is 170 Å². The second kappa shape index (κ2) is 7.46. The zero-order valence-corrected chi connectivity index (χ0v) is 16.4. The Hall–Kier alpha value is -2.97. The van der Waals surface area contributed by atoms with Gasteiger partial charge in [0, 0.05) is 10.5 Å². The van der Waals surface area contributed by atoms with Gasteiger partial charge in [-0.3, -0.25) is 4.68 Å². The molecular weight excluding hydrogens is 391 g/mol. The van der Waals surface area contributed by atoms with E-state index in [1.165, 1.54) is 17.0 Å². The molecule has 1 aliphatic rings. The number of aromatic nitrogens is 4. The van der Waals surface area contributed by atoms with Crippen LogP contribution in [0, 0.1) is 5.82 Å². The highest BCUT2D eigenvalue weighted by Gasteiger charge is 2.24. The maximum Gasteiger partial charge on any atom is 0.278 e. The molecule has 1 atom stereocenters. The van der Waals surface area contributed by atoms with E-state index in [1.807, 2.05) is 41.3 Å². The van der Waals surface area contributed by atoms with Crippen LogP contribution in [-0.4, -0.2) is 26.2 Å². The van der Waals surface area contributed by atoms with Crippen LogP contribution in [0.3, 0.4) is 0 Å². The molecule has 8 heteroatoms. The van der Waals surface area contributed by atoms with Crippen LogP contribution >= 0.6 is 11.8 Å². The minimum absolute atomic E-state index is 0.177. The van der Waals surface area contributed by atoms with Crippen LogP contribution in [-0.2, 0) is 17.9 Å². The van der Waals surface area contributed by atoms with Gasteiger partial charge in [-0.1, -0.05) is 17.3 Å². The van der Waals surface area contributed by atoms with Crippen molar-refractivity contribution in [1.82, 2.24) is 19.9 Å². The van der Waals surface area contributed by atoms with Crippen LogP contribution in [0.4, 0.5) is 4.39 Å². The van der Waals surface area contributed by atoms with E-state index in [0.717, 1.165) is 16.8 Å². The standard InChI is InChI=1S/C21H17FN4O2S/c1-29-17-8-4-14(5-9-17)20-23-21(28-25-20)18-10-16-12-27-19(11-26(16)24-18)13-2-6-15(22)7-3-13/h2-10,19H,11-12H2,1H3. The van der Waals surface area contributed by atoms with E-state index in [0.29, 0.717) is 30.6 Å². The molecule has 3 heterocycles. The maximum atomic E-state index is 13.2. The minimum atomic E-state index is -0.262. The van der Waals surface area contributed by atoms with Gasteiger partial charge in [0.15, 0.2) is 5.69 Å². The Bertz CT molecular complexity index is 1140. The van der Waals surface area contributed by atoms with Gasteiger partial charge in [-0.05, 0) is 54.3 Å². The normalized spacial score (nSPS) is 16.0. The highest BCUT2D eigenvalue weighted by molar-refractivity contribution is 7.98. The van der Waals surface area contributed by atoms with Crippen molar-refractivity contribution < 1.29 is 13.7 Å². The maximum absolute atomic E-state index is 13.2. The average molecular weight is 408 g/mol. The van der Waals surface area contributed by atoms with Crippen molar-refractivity contribution in [2.24, 2.45) is 0 Å². The Balaban J connectivity index is 1.37. The molecule has 146 valence electrons. The Morgan fingerprint density at radius 3 is 2.66 bits per heavy atom. The van der Waals surface area contributed by atoms with E-state index < -0.39 is 0 Å². The summed E-state index contributed by atoms with van der Waals surface area (Å²) in [7, 11) is 0. The number of fused-ring (bicyclic) bond motifs is 1. The highest BCUT2D eigenvalue weighted by atomic mass is 32.2. The van der Waals surface area contributed by atoms with E-state index in [9.17, 15) is 4.39 Å². The summed E-state index contributed by atoms with van der Waals surface area (Å²) in [6, 6.07) is 16.2. The van der Waals surface area contributed by atoms with Crippen LogP contribution in [0.5, 0.6) is 0 Å². The molecule has 0 amide bonds. The Morgan fingerprint density at radius 2 is 1.90 bits per heavy atom. The minimum Gasteiger partial charge on any atom is -0.365 e. The molecule has 0 N–H and O–H groups in total. The van der Waals surface area contributed by atoms with Crippen LogP contribution < -0.4 is 0 Å². The van der Waals surface area contributed by atoms with Gasteiger partial charge in [0.1, 0.15) is 11.9 Å². The van der Waals surface area contributed by atoms with Crippen molar-refractivity contribution in [3.8, 4) is 23.0 Å². The van der Waals surface area contributed by atoms with Gasteiger partial charge in [-0.25, -0.2) is 4.39 Å². The molecule has 2 aromatic carbocycles. The number of ether oxygens (including phenoxy) is 1. The predicted octanol–water partition coefficient (Wildman–Crippen LogP) is 4.73. The zero-order chi connectivity index (χ0) is 19.8. The van der Waals surface area contributed by atoms with E-state index >= 15 is 0 Å². The molecule has 0 aliphatic carbocycles. The Kier molecular flexibility index (Phi) is 4.65. The van der Waals surface area contributed by atoms with Crippen LogP contribution in [0.15, 0.2) is 64.0 Å². The number of nitrogens with zero attached hydrogens (tertiary/aromatic N) is 4. The molecule has 1 unspecified atom stereocenters. The molecule has 2 aromatic heterocycles. The fourth-order valence-electron chi connectivity index (χ4n) is 3.29. The predicted molar refractivity (Wildman–Crippen MR) is 107 cm³/mol. The van der Waals surface area contributed by atoms with Gasteiger partial charge in [0.05, 0.1) is 18.8 Å². The smallest absolute Gasteiger partial charge is 0.278 e. The summed E-state index contributed by atoms with van der Waals surface area (Å²) < 4.78 is 26.4. The summed E-state index contributed by atoms with van der Waals surface area (Å²) in [4.78, 5) is 5.67. The van der Waals surface area contributed by atoms with Crippen molar-refractivity contribution in [3.63, 3.8) is 0 Å². The van der Waals surface area contributed by atoms with E-state index in [4.69, 9.17) is 9.26 Å². The fraction of sp³-hybridized carbons (Fsp3) is 0.190. The lowest BCUT2D eigenvalue weighted by atomic mass is 10.1. The first-order valence-electron chi connectivity index (χ1n) is 9.12. The molecule has 0 saturated carbocycles. The molecule has 29 heavy (non-hydrogen) atoms. The SMILES string of the molecule is CSc1ccc(-c2noc(-c3cc4n(n3)CC(c3ccc(F)cc3)OC4)n2)cc1. The van der Waals surface area contributed by atoms with E-state index in [1.54, 1.807) is 23.9 Å². The number of hydrogen-bond donors (Lipinski definition) is 0. The molecule has 5 rings (SSSR count). The van der Waals surface area contributed by atoms with Gasteiger partial charge in [0.2, 0.25) is 5.82 Å². The number of halogens is 1. The monoisotopic (exact) mass is 408 g/mol. The summed E-state index contributed by atoms with van der Waals surface area (Å²) >= 11 is 1.68. The third-order valence-electron chi connectivity index (χ3n) is 4.87. The molecule has 0 radical (unpaired) electrons. The fourth-order valence-corrected chi connectivity index (χ4v) is 3.70. The first kappa shape index (κ1) is 18.1. The van der Waals surface area contributed by atoms with Crippen molar-refractivity contribution >= 4 is 11.8 Å². The second-order valence-corrected chi connectivity index (χ2v) is 7.59. The third-order valence-corrected chi connectivity index (χ3v) is 5.61. The lowest BCUT2D eigenvalue weighted by molar-refractivity contribution is -0.00116. The molecular formula is C21H17FN4O2S. The van der Waals surface area contributed by atoms with Gasteiger partial charge in [0.25, 0.3) is 5.89 Å². The molecule has 0 fully saturated rings. The van der Waals surface area contributed by atoms with E-state index in [-0.39, 0.29) is 11.9 Å². The second-order valence-electron chi connectivity index (χ2n) is 6.71. The molecule has 0 saturated heterocycles. The molecule has 6 nitrogen and oxygen atoms in total. The molecule has 4 aromatic rings. The summed E-state index contributed by atoms with van der Waals surface area (Å²) in [6.07, 6.45) is 1.86. The summed E-state index contributed by atoms with van der Waals surface area (Å²) in [6.45, 7) is 0.949. The molecule has 0 spiro atoms. The zero-order valence-electron chi connectivity index (χ0n) is 15.6. The van der Waals surface area contributed by atoms with Crippen molar-refractivity contribution in [2.45, 2.75) is 24.2 Å². The summed E-state index contributed by atoms with van der Waals surface area (Å²) in [5, 5.41) is 8.70. The van der Waals surface area contributed by atoms with Crippen molar-refractivity contribution in [3.05, 3.63) is 71.7 Å². The van der Waals surface area contributed by atoms with Crippen molar-refractivity contribution in [1.29, 1.82) is 0 Å². The van der Waals surface area contributed by atoms with Crippen LogP contribution in [0.1, 0.15) is 17.4 Å². The van der Waals surface area contributed by atoms with Gasteiger partial charge < -0.3 is 9.26 Å². The van der Waals surface area contributed by atoms with Gasteiger partial charge in [-0.15, -0.1) is 11.8 Å². The highest BCUT2D eigenvalue weighted by Crippen LogP contribution is 2.29. The lowest BCUT2D eigenvalue weighted by Gasteiger charge is -2.24. The number of hydrogen-bond acceptors (Lipinski definition) is 6. The van der Waals surface area contributed by atoms with Crippen molar-refractivity contribution in [2.75, 3.05) is 6.26 Å². The summed E-state index contributed by atoms with van der Waals surface area (Å²) in [5.74, 6) is 0.634. The number of rotatable bonds is 4. The quantitative estimate of drug-likeness (QED) is 0.455. The van der Waals surface area contributed by atoms with E-state index in [2.05, 4.69) is 15.2 Å². The number of thioether (sulfide) groups is 1. The largest absolute Gasteiger partial charge is 0.365 e. The number of benzene rings is 2. The first-order chi connectivity index (χ1) is 14.2. The summed E-state index contributed by atoms with van der Waals surface area (Å²) in [5.41, 5.74) is 3.36. The first-order valence-corrected chi connectivity index (χ1v) is 10.3. The van der Waals surface area contributed by atoms with Gasteiger partial charge in [-0.2, -0.15) is 10.1 Å². The van der Waals surface area contributed by atoms with Gasteiger partial charge >= 0.3 is 0 Å². The topological polar surface area (TPSA) is 66.0 Å². The molecule has 0 bridgehead atoms. The average Bonchev–Trinajstić information content (AvgIpc) is 3.41. The molecule has 1 aliphatic heterocycles. The third kappa shape index (κ3) is 3.56. The lowest BCUT2D eigenvalue weighted by Crippen LogP contribution is -2.21. The van der Waals surface area contributed by atoms with Crippen LogP contribution in [0.25, 0.3) is 23.0 Å². The Morgan fingerprint density at radius 1 is 1.10 bits per heavy atom. The van der Waals surface area contributed by atoms with Crippen LogP contribution in [0.2, 0.25) is 0 Å².